The number of rotatable bonds is 8. The predicted molar refractivity (Wildman–Crippen MR) is 146 cm³/mol. The van der Waals surface area contributed by atoms with Crippen molar-refractivity contribution in [3.8, 4) is 16.9 Å². The van der Waals surface area contributed by atoms with Crippen molar-refractivity contribution in [1.29, 1.82) is 0 Å². The van der Waals surface area contributed by atoms with E-state index in [1.165, 1.54) is 24.2 Å². The molecule has 1 N–H and O–H groups in total. The van der Waals surface area contributed by atoms with Crippen LogP contribution < -0.4 is 15.0 Å². The van der Waals surface area contributed by atoms with E-state index >= 15 is 0 Å². The number of ether oxygens (including phenoxy) is 1. The van der Waals surface area contributed by atoms with Crippen LogP contribution in [0.1, 0.15) is 49.0 Å². The summed E-state index contributed by atoms with van der Waals surface area (Å²) in [5.74, 6) is 0.993. The van der Waals surface area contributed by atoms with Crippen LogP contribution in [0, 0.1) is 0 Å². The van der Waals surface area contributed by atoms with Gasteiger partial charge in [0.05, 0.1) is 12.7 Å². The molecule has 0 saturated carbocycles. The van der Waals surface area contributed by atoms with Gasteiger partial charge in [0, 0.05) is 43.1 Å². The van der Waals surface area contributed by atoms with Crippen LogP contribution in [0.15, 0.2) is 66.7 Å². The number of amides is 1. The highest BCUT2D eigenvalue weighted by molar-refractivity contribution is 6.09. The average molecular weight is 472 g/mol. The van der Waals surface area contributed by atoms with Gasteiger partial charge in [0.2, 0.25) is 0 Å². The molecule has 1 saturated heterocycles. The van der Waals surface area contributed by atoms with Gasteiger partial charge in [-0.1, -0.05) is 51.1 Å². The molecule has 0 atom stereocenters. The molecule has 184 valence electrons. The highest BCUT2D eigenvalue weighted by Gasteiger charge is 2.19. The Morgan fingerprint density at radius 3 is 2.23 bits per heavy atom. The molecule has 35 heavy (non-hydrogen) atoms. The normalized spacial score (nSPS) is 14.3. The number of hydrogen-bond donors (Lipinski definition) is 1. The largest absolute Gasteiger partial charge is 0.496 e. The van der Waals surface area contributed by atoms with E-state index in [9.17, 15) is 4.79 Å². The van der Waals surface area contributed by atoms with E-state index in [0.717, 1.165) is 43.0 Å². The molecule has 1 aliphatic heterocycles. The minimum atomic E-state index is -0.146. The molecule has 0 radical (unpaired) electrons. The zero-order valence-electron chi connectivity index (χ0n) is 21.4. The molecule has 3 aromatic carbocycles. The fourth-order valence-electron chi connectivity index (χ4n) is 4.72. The number of carbonyl (C=O) groups excluding carboxylic acids is 1. The van der Waals surface area contributed by atoms with E-state index in [1.807, 2.05) is 30.3 Å². The second kappa shape index (κ2) is 11.4. The fraction of sp³-hybridized carbons (Fsp3) is 0.367. The first-order valence-electron chi connectivity index (χ1n) is 12.7. The number of benzene rings is 3. The van der Waals surface area contributed by atoms with E-state index in [4.69, 9.17) is 4.74 Å². The number of nitrogens with one attached hydrogen (secondary N) is 1. The predicted octanol–water partition coefficient (Wildman–Crippen LogP) is 6.27. The highest BCUT2D eigenvalue weighted by atomic mass is 16.5. The number of methoxy groups -OCH3 is 1. The van der Waals surface area contributed by atoms with Gasteiger partial charge in [-0.2, -0.15) is 0 Å². The van der Waals surface area contributed by atoms with Crippen LogP contribution in [0.4, 0.5) is 11.4 Å². The van der Waals surface area contributed by atoms with Crippen molar-refractivity contribution >= 4 is 17.3 Å². The van der Waals surface area contributed by atoms with Gasteiger partial charge in [-0.3, -0.25) is 9.69 Å². The van der Waals surface area contributed by atoms with Gasteiger partial charge in [0.1, 0.15) is 5.75 Å². The molecule has 3 aromatic rings. The molecule has 0 aromatic heterocycles. The molecule has 5 heteroatoms. The minimum absolute atomic E-state index is 0.146. The molecule has 1 fully saturated rings. The summed E-state index contributed by atoms with van der Waals surface area (Å²) in [6.45, 7) is 12.0. The first-order valence-corrected chi connectivity index (χ1v) is 12.7. The first-order chi connectivity index (χ1) is 17.0. The Balaban J connectivity index is 1.50. The molecule has 1 aliphatic rings. The Hall–Kier alpha value is -3.31. The third-order valence-electron chi connectivity index (χ3n) is 6.76. The first kappa shape index (κ1) is 24.8. The van der Waals surface area contributed by atoms with Crippen molar-refractivity contribution in [3.63, 3.8) is 0 Å². The molecule has 1 amide bonds. The van der Waals surface area contributed by atoms with E-state index in [0.29, 0.717) is 17.2 Å². The molecule has 0 bridgehead atoms. The Kier molecular flexibility index (Phi) is 8.09. The summed E-state index contributed by atoms with van der Waals surface area (Å²) in [5.41, 5.74) is 5.62. The maximum Gasteiger partial charge on any atom is 0.256 e. The third-order valence-corrected chi connectivity index (χ3v) is 6.76. The average Bonchev–Trinajstić information content (AvgIpc) is 2.89. The van der Waals surface area contributed by atoms with Crippen LogP contribution in [0.5, 0.6) is 5.75 Å². The van der Waals surface area contributed by atoms with Crippen molar-refractivity contribution in [3.05, 3.63) is 77.9 Å². The summed E-state index contributed by atoms with van der Waals surface area (Å²) in [6, 6.07) is 22.2. The standard InChI is InChI=1S/C30H37N3O2/c1-5-17-32-18-20-33(21-19-32)26-15-13-25(14-16-26)31-30(34)27-7-6-8-28(35-4)29(27)24-11-9-23(10-12-24)22(2)3/h6-16,22H,5,17-21H2,1-4H3,(H,31,34). The number of carbonyl (C=O) groups is 1. The highest BCUT2D eigenvalue weighted by Crippen LogP contribution is 2.35. The lowest BCUT2D eigenvalue weighted by Gasteiger charge is -2.36. The summed E-state index contributed by atoms with van der Waals surface area (Å²) < 4.78 is 5.64. The van der Waals surface area contributed by atoms with Crippen molar-refractivity contribution < 1.29 is 9.53 Å². The molecule has 0 spiro atoms. The lowest BCUT2D eigenvalue weighted by Crippen LogP contribution is -2.46. The Morgan fingerprint density at radius 1 is 0.943 bits per heavy atom. The quantitative estimate of drug-likeness (QED) is 0.421. The lowest BCUT2D eigenvalue weighted by molar-refractivity contribution is 0.102. The monoisotopic (exact) mass is 471 g/mol. The second-order valence-corrected chi connectivity index (χ2v) is 9.49. The lowest BCUT2D eigenvalue weighted by atomic mass is 9.95. The molecule has 0 aliphatic carbocycles. The number of hydrogen-bond acceptors (Lipinski definition) is 4. The van der Waals surface area contributed by atoms with Crippen molar-refractivity contribution in [2.45, 2.75) is 33.1 Å². The van der Waals surface area contributed by atoms with Crippen LogP contribution >= 0.6 is 0 Å². The number of piperazine rings is 1. The van der Waals surface area contributed by atoms with Crippen LogP contribution in [0.25, 0.3) is 11.1 Å². The van der Waals surface area contributed by atoms with E-state index in [-0.39, 0.29) is 5.91 Å². The Morgan fingerprint density at radius 2 is 1.63 bits per heavy atom. The van der Waals surface area contributed by atoms with Crippen LogP contribution in [-0.2, 0) is 0 Å². The third kappa shape index (κ3) is 5.85. The second-order valence-electron chi connectivity index (χ2n) is 9.49. The SMILES string of the molecule is CCCN1CCN(c2ccc(NC(=O)c3cccc(OC)c3-c3ccc(C(C)C)cc3)cc2)CC1. The molecule has 5 nitrogen and oxygen atoms in total. The van der Waals surface area contributed by atoms with Crippen molar-refractivity contribution in [2.75, 3.05) is 50.1 Å². The maximum absolute atomic E-state index is 13.4. The fourth-order valence-corrected chi connectivity index (χ4v) is 4.72. The molecule has 4 rings (SSSR count). The topological polar surface area (TPSA) is 44.8 Å². The maximum atomic E-state index is 13.4. The van der Waals surface area contributed by atoms with E-state index in [2.05, 4.69) is 72.3 Å². The molecular weight excluding hydrogens is 434 g/mol. The molecule has 0 unspecified atom stereocenters. The smallest absolute Gasteiger partial charge is 0.256 e. The van der Waals surface area contributed by atoms with Gasteiger partial charge in [0.25, 0.3) is 5.91 Å². The van der Waals surface area contributed by atoms with E-state index in [1.54, 1.807) is 7.11 Å². The van der Waals surface area contributed by atoms with Crippen molar-refractivity contribution in [2.24, 2.45) is 0 Å². The van der Waals surface area contributed by atoms with Crippen LogP contribution in [0.3, 0.4) is 0 Å². The van der Waals surface area contributed by atoms with Crippen LogP contribution in [0.2, 0.25) is 0 Å². The molecular formula is C30H37N3O2. The van der Waals surface area contributed by atoms with E-state index < -0.39 is 0 Å². The van der Waals surface area contributed by atoms with Gasteiger partial charge in [0.15, 0.2) is 0 Å². The number of anilines is 2. The van der Waals surface area contributed by atoms with Gasteiger partial charge in [-0.25, -0.2) is 0 Å². The minimum Gasteiger partial charge on any atom is -0.496 e. The van der Waals surface area contributed by atoms with Gasteiger partial charge < -0.3 is 15.0 Å². The number of nitrogens with zero attached hydrogens (tertiary/aromatic N) is 2. The summed E-state index contributed by atoms with van der Waals surface area (Å²) in [4.78, 5) is 18.3. The Labute approximate surface area is 209 Å². The molecule has 1 heterocycles. The van der Waals surface area contributed by atoms with Crippen molar-refractivity contribution in [1.82, 2.24) is 4.90 Å². The van der Waals surface area contributed by atoms with Gasteiger partial charge in [-0.15, -0.1) is 0 Å². The zero-order valence-corrected chi connectivity index (χ0v) is 21.4. The zero-order chi connectivity index (χ0) is 24.8. The van der Waals surface area contributed by atoms with Gasteiger partial charge >= 0.3 is 0 Å². The summed E-state index contributed by atoms with van der Waals surface area (Å²) in [5, 5.41) is 3.08. The Bertz CT molecular complexity index is 1120. The summed E-state index contributed by atoms with van der Waals surface area (Å²) in [7, 11) is 1.64. The van der Waals surface area contributed by atoms with Gasteiger partial charge in [-0.05, 0) is 66.4 Å². The summed E-state index contributed by atoms with van der Waals surface area (Å²) >= 11 is 0. The summed E-state index contributed by atoms with van der Waals surface area (Å²) in [6.07, 6.45) is 1.20. The van der Waals surface area contributed by atoms with Crippen LogP contribution in [-0.4, -0.2) is 50.6 Å².